The highest BCUT2D eigenvalue weighted by molar-refractivity contribution is 6.03. The molecule has 0 bridgehead atoms. The second kappa shape index (κ2) is 9.09. The van der Waals surface area contributed by atoms with Crippen molar-refractivity contribution in [2.45, 2.75) is 19.8 Å². The summed E-state index contributed by atoms with van der Waals surface area (Å²) in [6, 6.07) is 6.46. The molecule has 110 valence electrons. The SMILES string of the molecule is CCCCOC(=O)c1ccccc1C(=O)OCCOC. The molecule has 5 nitrogen and oxygen atoms in total. The van der Waals surface area contributed by atoms with Gasteiger partial charge in [-0.15, -0.1) is 0 Å². The predicted octanol–water partition coefficient (Wildman–Crippen LogP) is 2.45. The summed E-state index contributed by atoms with van der Waals surface area (Å²) in [5.74, 6) is -1.05. The van der Waals surface area contributed by atoms with Gasteiger partial charge in [-0.25, -0.2) is 9.59 Å². The Morgan fingerprint density at radius 1 is 0.950 bits per heavy atom. The molecule has 0 aliphatic heterocycles. The van der Waals surface area contributed by atoms with E-state index in [2.05, 4.69) is 0 Å². The Morgan fingerprint density at radius 3 is 2.00 bits per heavy atom. The molecular formula is C15H20O5. The molecule has 0 radical (unpaired) electrons. The van der Waals surface area contributed by atoms with Crippen molar-refractivity contribution < 1.29 is 23.8 Å². The number of ether oxygens (including phenoxy) is 3. The first-order chi connectivity index (χ1) is 9.70. The average Bonchev–Trinajstić information content (AvgIpc) is 2.47. The maximum absolute atomic E-state index is 11.9. The van der Waals surface area contributed by atoms with Crippen LogP contribution in [0.4, 0.5) is 0 Å². The number of hydrogen-bond acceptors (Lipinski definition) is 5. The minimum absolute atomic E-state index is 0.147. The number of carbonyl (C=O) groups is 2. The van der Waals surface area contributed by atoms with Gasteiger partial charge in [-0.3, -0.25) is 0 Å². The van der Waals surface area contributed by atoms with Gasteiger partial charge >= 0.3 is 11.9 Å². The molecule has 0 N–H and O–H groups in total. The fourth-order valence-electron chi connectivity index (χ4n) is 1.52. The summed E-state index contributed by atoms with van der Waals surface area (Å²) < 4.78 is 14.9. The molecule has 5 heteroatoms. The quantitative estimate of drug-likeness (QED) is 0.540. The lowest BCUT2D eigenvalue weighted by molar-refractivity contribution is 0.0372. The molecule has 0 saturated heterocycles. The second-order valence-corrected chi connectivity index (χ2v) is 4.16. The Bertz CT molecular complexity index is 401. The van der Waals surface area contributed by atoms with Crippen LogP contribution in [0.3, 0.4) is 0 Å². The molecule has 0 aliphatic carbocycles. The van der Waals surface area contributed by atoms with Crippen molar-refractivity contribution in [2.24, 2.45) is 0 Å². The first-order valence-corrected chi connectivity index (χ1v) is 6.63. The van der Waals surface area contributed by atoms with Gasteiger partial charge in [0, 0.05) is 7.11 Å². The number of carbonyl (C=O) groups excluding carboxylic acids is 2. The van der Waals surface area contributed by atoms with Crippen molar-refractivity contribution in [3.63, 3.8) is 0 Å². The molecule has 20 heavy (non-hydrogen) atoms. The van der Waals surface area contributed by atoms with Crippen LogP contribution in [0.2, 0.25) is 0 Å². The Kier molecular flexibility index (Phi) is 7.35. The number of benzene rings is 1. The van der Waals surface area contributed by atoms with Crippen LogP contribution < -0.4 is 0 Å². The van der Waals surface area contributed by atoms with Crippen molar-refractivity contribution in [1.82, 2.24) is 0 Å². The zero-order chi connectivity index (χ0) is 14.8. The molecule has 1 rings (SSSR count). The van der Waals surface area contributed by atoms with Gasteiger partial charge in [-0.05, 0) is 18.6 Å². The highest BCUT2D eigenvalue weighted by atomic mass is 16.6. The maximum atomic E-state index is 11.9. The average molecular weight is 280 g/mol. The van der Waals surface area contributed by atoms with E-state index in [1.807, 2.05) is 6.92 Å². The van der Waals surface area contributed by atoms with Gasteiger partial charge in [-0.1, -0.05) is 25.5 Å². The molecule has 0 saturated carbocycles. The summed E-state index contributed by atoms with van der Waals surface area (Å²) in [4.78, 5) is 23.8. The fraction of sp³-hybridized carbons (Fsp3) is 0.467. The third-order valence-corrected chi connectivity index (χ3v) is 2.62. The number of hydrogen-bond donors (Lipinski definition) is 0. The first-order valence-electron chi connectivity index (χ1n) is 6.63. The van der Waals surface area contributed by atoms with Crippen molar-refractivity contribution in [1.29, 1.82) is 0 Å². The lowest BCUT2D eigenvalue weighted by Gasteiger charge is -2.09. The normalized spacial score (nSPS) is 10.1. The van der Waals surface area contributed by atoms with Crippen LogP contribution in [0.25, 0.3) is 0 Å². The van der Waals surface area contributed by atoms with Gasteiger partial charge in [0.1, 0.15) is 6.61 Å². The van der Waals surface area contributed by atoms with Crippen LogP contribution in [0.5, 0.6) is 0 Å². The maximum Gasteiger partial charge on any atom is 0.339 e. The van der Waals surface area contributed by atoms with E-state index in [-0.39, 0.29) is 17.7 Å². The van der Waals surface area contributed by atoms with Gasteiger partial charge in [0.2, 0.25) is 0 Å². The zero-order valence-corrected chi connectivity index (χ0v) is 11.9. The van der Waals surface area contributed by atoms with E-state index in [1.165, 1.54) is 7.11 Å². The molecule has 0 aliphatic rings. The van der Waals surface area contributed by atoms with E-state index in [1.54, 1.807) is 24.3 Å². The lowest BCUT2D eigenvalue weighted by atomic mass is 10.1. The molecular weight excluding hydrogens is 260 g/mol. The summed E-state index contributed by atoms with van der Waals surface area (Å²) in [5.41, 5.74) is 0.441. The number of rotatable bonds is 8. The van der Waals surface area contributed by atoms with Crippen LogP contribution in [0.1, 0.15) is 40.5 Å². The molecule has 0 atom stereocenters. The monoisotopic (exact) mass is 280 g/mol. The molecule has 1 aromatic carbocycles. The van der Waals surface area contributed by atoms with Gasteiger partial charge in [0.05, 0.1) is 24.3 Å². The lowest BCUT2D eigenvalue weighted by Crippen LogP contribution is -2.16. The second-order valence-electron chi connectivity index (χ2n) is 4.16. The van der Waals surface area contributed by atoms with Crippen molar-refractivity contribution in [2.75, 3.05) is 26.9 Å². The van der Waals surface area contributed by atoms with E-state index in [0.717, 1.165) is 12.8 Å². The summed E-state index contributed by atoms with van der Waals surface area (Å²) >= 11 is 0. The first kappa shape index (κ1) is 16.2. The fourth-order valence-corrected chi connectivity index (χ4v) is 1.52. The third-order valence-electron chi connectivity index (χ3n) is 2.62. The number of esters is 2. The van der Waals surface area contributed by atoms with Gasteiger partial charge < -0.3 is 14.2 Å². The zero-order valence-electron chi connectivity index (χ0n) is 11.9. The third kappa shape index (κ3) is 5.01. The Hall–Kier alpha value is -1.88. The molecule has 0 amide bonds. The van der Waals surface area contributed by atoms with Gasteiger partial charge in [0.25, 0.3) is 0 Å². The summed E-state index contributed by atoms with van der Waals surface area (Å²) in [7, 11) is 1.52. The highest BCUT2D eigenvalue weighted by Gasteiger charge is 2.18. The van der Waals surface area contributed by atoms with Crippen molar-refractivity contribution in [3.05, 3.63) is 35.4 Å². The molecule has 0 fully saturated rings. The van der Waals surface area contributed by atoms with E-state index in [9.17, 15) is 9.59 Å². The summed E-state index contributed by atoms with van der Waals surface area (Å²) in [6.07, 6.45) is 1.74. The minimum Gasteiger partial charge on any atom is -0.462 e. The Morgan fingerprint density at radius 2 is 1.50 bits per heavy atom. The smallest absolute Gasteiger partial charge is 0.339 e. The molecule has 0 heterocycles. The van der Waals surface area contributed by atoms with Gasteiger partial charge in [-0.2, -0.15) is 0 Å². The van der Waals surface area contributed by atoms with E-state index < -0.39 is 11.9 Å². The molecule has 0 spiro atoms. The molecule has 0 unspecified atom stereocenters. The standard InChI is InChI=1S/C15H20O5/c1-3-4-9-19-14(16)12-7-5-6-8-13(12)15(17)20-11-10-18-2/h5-8H,3-4,9-11H2,1-2H3. The summed E-state index contributed by atoms with van der Waals surface area (Å²) in [5, 5.41) is 0. The largest absolute Gasteiger partial charge is 0.462 e. The van der Waals surface area contributed by atoms with Crippen LogP contribution in [-0.2, 0) is 14.2 Å². The van der Waals surface area contributed by atoms with E-state index >= 15 is 0 Å². The molecule has 1 aromatic rings. The van der Waals surface area contributed by atoms with Crippen LogP contribution in [0, 0.1) is 0 Å². The van der Waals surface area contributed by atoms with E-state index in [0.29, 0.717) is 13.2 Å². The number of methoxy groups -OCH3 is 1. The van der Waals surface area contributed by atoms with Crippen LogP contribution in [-0.4, -0.2) is 38.9 Å². The predicted molar refractivity (Wildman–Crippen MR) is 73.8 cm³/mol. The van der Waals surface area contributed by atoms with Crippen LogP contribution >= 0.6 is 0 Å². The number of unbranched alkanes of at least 4 members (excludes halogenated alkanes) is 1. The van der Waals surface area contributed by atoms with E-state index in [4.69, 9.17) is 14.2 Å². The minimum atomic E-state index is -0.551. The Balaban J connectivity index is 2.71. The van der Waals surface area contributed by atoms with Crippen LogP contribution in [0.15, 0.2) is 24.3 Å². The molecule has 0 aromatic heterocycles. The van der Waals surface area contributed by atoms with Crippen molar-refractivity contribution in [3.8, 4) is 0 Å². The van der Waals surface area contributed by atoms with Crippen molar-refractivity contribution >= 4 is 11.9 Å². The summed E-state index contributed by atoms with van der Waals surface area (Å²) in [6.45, 7) is 2.82. The highest BCUT2D eigenvalue weighted by Crippen LogP contribution is 2.12. The topological polar surface area (TPSA) is 61.8 Å². The Labute approximate surface area is 118 Å². The van der Waals surface area contributed by atoms with Gasteiger partial charge in [0.15, 0.2) is 0 Å².